The van der Waals surface area contributed by atoms with Crippen LogP contribution in [0.25, 0.3) is 0 Å². The van der Waals surface area contributed by atoms with Crippen molar-refractivity contribution in [2.24, 2.45) is 0 Å². The van der Waals surface area contributed by atoms with Crippen molar-refractivity contribution in [3.05, 3.63) is 58.2 Å². The minimum Gasteiger partial charge on any atom is -0.315 e. The van der Waals surface area contributed by atoms with E-state index in [1.54, 1.807) is 0 Å². The number of hydrogen-bond acceptors (Lipinski definition) is 5. The van der Waals surface area contributed by atoms with Crippen molar-refractivity contribution < 1.29 is 9.72 Å². The van der Waals surface area contributed by atoms with E-state index in [2.05, 4.69) is 4.98 Å². The molecule has 2 aromatic rings. The van der Waals surface area contributed by atoms with Gasteiger partial charge in [0, 0.05) is 30.1 Å². The summed E-state index contributed by atoms with van der Waals surface area (Å²) in [4.78, 5) is 25.8. The van der Waals surface area contributed by atoms with Gasteiger partial charge in [-0.2, -0.15) is 5.26 Å². The average molecular weight is 256 g/mol. The average Bonchev–Trinajstić information content (AvgIpc) is 2.86. The molecule has 0 aliphatic rings. The zero-order valence-corrected chi connectivity index (χ0v) is 9.68. The van der Waals surface area contributed by atoms with Gasteiger partial charge in [-0.3, -0.25) is 14.9 Å². The SMILES string of the molecule is N#Cc1nccn1CC(=O)c1cccc([N+](=O)[O-])c1. The monoisotopic (exact) mass is 256 g/mol. The molecule has 0 saturated heterocycles. The summed E-state index contributed by atoms with van der Waals surface area (Å²) < 4.78 is 1.39. The van der Waals surface area contributed by atoms with Gasteiger partial charge in [0.05, 0.1) is 11.5 Å². The van der Waals surface area contributed by atoms with Crippen molar-refractivity contribution >= 4 is 11.5 Å². The van der Waals surface area contributed by atoms with Crippen LogP contribution < -0.4 is 0 Å². The van der Waals surface area contributed by atoms with Gasteiger partial charge < -0.3 is 4.57 Å². The van der Waals surface area contributed by atoms with Crippen molar-refractivity contribution in [2.75, 3.05) is 0 Å². The molecule has 7 nitrogen and oxygen atoms in total. The number of Topliss-reactive ketones (excluding diaryl/α,β-unsaturated/α-hetero) is 1. The number of benzene rings is 1. The second-order valence-electron chi connectivity index (χ2n) is 3.72. The van der Waals surface area contributed by atoms with Gasteiger partial charge in [-0.15, -0.1) is 0 Å². The molecule has 94 valence electrons. The maximum Gasteiger partial charge on any atom is 0.270 e. The Bertz CT molecular complexity index is 684. The number of nitro benzene ring substituents is 1. The molecule has 0 unspecified atom stereocenters. The van der Waals surface area contributed by atoms with E-state index in [1.807, 2.05) is 6.07 Å². The van der Waals surface area contributed by atoms with Crippen LogP contribution in [0.4, 0.5) is 5.69 Å². The second-order valence-corrected chi connectivity index (χ2v) is 3.72. The van der Waals surface area contributed by atoms with Gasteiger partial charge in [-0.25, -0.2) is 4.98 Å². The number of nitro groups is 1. The number of imidazole rings is 1. The molecular weight excluding hydrogens is 248 g/mol. The van der Waals surface area contributed by atoms with Gasteiger partial charge in [-0.1, -0.05) is 12.1 Å². The first-order valence-electron chi connectivity index (χ1n) is 5.30. The Kier molecular flexibility index (Phi) is 3.34. The molecule has 0 saturated carbocycles. The van der Waals surface area contributed by atoms with Crippen molar-refractivity contribution in [3.63, 3.8) is 0 Å². The van der Waals surface area contributed by atoms with E-state index in [9.17, 15) is 14.9 Å². The highest BCUT2D eigenvalue weighted by Gasteiger charge is 2.13. The highest BCUT2D eigenvalue weighted by Crippen LogP contribution is 2.14. The van der Waals surface area contributed by atoms with E-state index in [-0.39, 0.29) is 29.4 Å². The molecule has 0 fully saturated rings. The van der Waals surface area contributed by atoms with Crippen molar-refractivity contribution in [2.45, 2.75) is 6.54 Å². The Morgan fingerprint density at radius 2 is 2.32 bits per heavy atom. The second kappa shape index (κ2) is 5.10. The standard InChI is InChI=1S/C12H8N4O3/c13-7-12-14-4-5-15(12)8-11(17)9-2-1-3-10(6-9)16(18)19/h1-6H,8H2. The van der Waals surface area contributed by atoms with Crippen LogP contribution in [0.15, 0.2) is 36.7 Å². The Labute approximate surface area is 107 Å². The molecule has 0 bridgehead atoms. The van der Waals surface area contributed by atoms with Crippen LogP contribution in [0.5, 0.6) is 0 Å². The molecule has 1 heterocycles. The molecular formula is C12H8N4O3. The normalized spacial score (nSPS) is 9.84. The maximum absolute atomic E-state index is 12.0. The predicted octanol–water partition coefficient (Wildman–Crippen LogP) is 1.55. The minimum absolute atomic E-state index is 0.0793. The van der Waals surface area contributed by atoms with Gasteiger partial charge >= 0.3 is 0 Å². The summed E-state index contributed by atoms with van der Waals surface area (Å²) in [7, 11) is 0. The third-order valence-corrected chi connectivity index (χ3v) is 2.51. The fourth-order valence-corrected chi connectivity index (χ4v) is 1.59. The van der Waals surface area contributed by atoms with Crippen LogP contribution >= 0.6 is 0 Å². The molecule has 0 spiro atoms. The molecule has 0 N–H and O–H groups in total. The fourth-order valence-electron chi connectivity index (χ4n) is 1.59. The Morgan fingerprint density at radius 3 is 3.00 bits per heavy atom. The largest absolute Gasteiger partial charge is 0.315 e. The molecule has 19 heavy (non-hydrogen) atoms. The van der Waals surface area contributed by atoms with Crippen LogP contribution in [-0.4, -0.2) is 20.3 Å². The maximum atomic E-state index is 12.0. The number of ketones is 1. The molecule has 0 radical (unpaired) electrons. The molecule has 2 rings (SSSR count). The topological polar surface area (TPSA) is 102 Å². The molecule has 0 amide bonds. The number of hydrogen-bond donors (Lipinski definition) is 0. The van der Waals surface area contributed by atoms with Crippen molar-refractivity contribution in [1.29, 1.82) is 5.26 Å². The number of rotatable bonds is 4. The molecule has 7 heteroatoms. The zero-order valence-electron chi connectivity index (χ0n) is 9.68. The Hall–Kier alpha value is -3.01. The van der Waals surface area contributed by atoms with Gasteiger partial charge in [0.1, 0.15) is 6.07 Å². The minimum atomic E-state index is -0.561. The third-order valence-electron chi connectivity index (χ3n) is 2.51. The van der Waals surface area contributed by atoms with E-state index in [4.69, 9.17) is 5.26 Å². The molecule has 1 aromatic carbocycles. The number of nitrogens with zero attached hydrogens (tertiary/aromatic N) is 4. The number of non-ortho nitro benzene ring substituents is 1. The summed E-state index contributed by atoms with van der Waals surface area (Å²) in [6, 6.07) is 7.33. The summed E-state index contributed by atoms with van der Waals surface area (Å²) in [5, 5.41) is 19.4. The molecule has 0 aliphatic carbocycles. The molecule has 0 atom stereocenters. The van der Waals surface area contributed by atoms with E-state index in [0.717, 1.165) is 0 Å². The lowest BCUT2D eigenvalue weighted by Crippen LogP contribution is -2.11. The summed E-state index contributed by atoms with van der Waals surface area (Å²) >= 11 is 0. The number of carbonyl (C=O) groups excluding carboxylic acids is 1. The van der Waals surface area contributed by atoms with E-state index in [0.29, 0.717) is 0 Å². The highest BCUT2D eigenvalue weighted by molar-refractivity contribution is 5.96. The summed E-state index contributed by atoms with van der Waals surface area (Å²) in [5.74, 6) is -0.197. The quantitative estimate of drug-likeness (QED) is 0.469. The highest BCUT2D eigenvalue weighted by atomic mass is 16.6. The van der Waals surface area contributed by atoms with Crippen LogP contribution in [0.1, 0.15) is 16.2 Å². The number of nitriles is 1. The van der Waals surface area contributed by atoms with Gasteiger partial charge in [0.15, 0.2) is 5.78 Å². The molecule has 1 aromatic heterocycles. The van der Waals surface area contributed by atoms with Crippen LogP contribution in [0.2, 0.25) is 0 Å². The predicted molar refractivity (Wildman–Crippen MR) is 64.4 cm³/mol. The van der Waals surface area contributed by atoms with Crippen molar-refractivity contribution in [1.82, 2.24) is 9.55 Å². The van der Waals surface area contributed by atoms with Gasteiger partial charge in [0.25, 0.3) is 5.69 Å². The number of carbonyl (C=O) groups is 1. The first kappa shape index (κ1) is 12.4. The summed E-state index contributed by atoms with van der Waals surface area (Å²) in [6.45, 7) is -0.0793. The first-order chi connectivity index (χ1) is 9.11. The summed E-state index contributed by atoms with van der Waals surface area (Å²) in [6.07, 6.45) is 2.92. The van der Waals surface area contributed by atoms with Crippen LogP contribution in [0.3, 0.4) is 0 Å². The lowest BCUT2D eigenvalue weighted by atomic mass is 10.1. The Morgan fingerprint density at radius 1 is 1.53 bits per heavy atom. The fraction of sp³-hybridized carbons (Fsp3) is 0.0833. The van der Waals surface area contributed by atoms with Gasteiger partial charge in [-0.05, 0) is 0 Å². The van der Waals surface area contributed by atoms with Crippen LogP contribution in [-0.2, 0) is 6.54 Å². The lowest BCUT2D eigenvalue weighted by Gasteiger charge is -2.03. The van der Waals surface area contributed by atoms with Gasteiger partial charge in [0.2, 0.25) is 5.82 Å². The first-order valence-corrected chi connectivity index (χ1v) is 5.30. The van der Waals surface area contributed by atoms with E-state index >= 15 is 0 Å². The zero-order chi connectivity index (χ0) is 13.8. The lowest BCUT2D eigenvalue weighted by molar-refractivity contribution is -0.384. The smallest absolute Gasteiger partial charge is 0.270 e. The molecule has 0 aliphatic heterocycles. The van der Waals surface area contributed by atoms with E-state index < -0.39 is 4.92 Å². The van der Waals surface area contributed by atoms with E-state index in [1.165, 1.54) is 41.2 Å². The third kappa shape index (κ3) is 2.63. The Balaban J connectivity index is 2.23. The van der Waals surface area contributed by atoms with Crippen molar-refractivity contribution in [3.8, 4) is 6.07 Å². The number of aromatic nitrogens is 2. The van der Waals surface area contributed by atoms with Crippen LogP contribution in [0, 0.1) is 21.4 Å². The summed E-state index contributed by atoms with van der Waals surface area (Å²) in [5.41, 5.74) is 0.0868.